The number of fused-ring (bicyclic) bond motifs is 2. The lowest BCUT2D eigenvalue weighted by molar-refractivity contribution is 0.725. The Morgan fingerprint density at radius 1 is 0.939 bits per heavy atom. The smallest absolute Gasteiger partial charge is 0.261 e. The van der Waals surface area contributed by atoms with Crippen molar-refractivity contribution in [3.05, 3.63) is 112 Å². The van der Waals surface area contributed by atoms with Crippen LogP contribution in [0.1, 0.15) is 17.8 Å². The summed E-state index contributed by atoms with van der Waals surface area (Å²) in [5.74, 6) is 0.710. The highest BCUT2D eigenvalue weighted by Gasteiger charge is 2.22. The van der Waals surface area contributed by atoms with Crippen molar-refractivity contribution in [2.45, 2.75) is 13.0 Å². The van der Waals surface area contributed by atoms with E-state index in [1.54, 1.807) is 22.8 Å². The molecule has 0 amide bonds. The highest BCUT2D eigenvalue weighted by molar-refractivity contribution is 6.31. The second-order valence-electron chi connectivity index (χ2n) is 8.05. The Morgan fingerprint density at radius 2 is 1.70 bits per heavy atom. The second kappa shape index (κ2) is 7.87. The molecular weight excluding hydrogens is 432 g/mol. The van der Waals surface area contributed by atoms with E-state index in [-0.39, 0.29) is 5.56 Å². The zero-order valence-corrected chi connectivity index (χ0v) is 18.4. The minimum atomic E-state index is -0.0517. The van der Waals surface area contributed by atoms with Crippen LogP contribution in [0.3, 0.4) is 0 Å². The van der Waals surface area contributed by atoms with Gasteiger partial charge in [0.2, 0.25) is 0 Å². The summed E-state index contributed by atoms with van der Waals surface area (Å²) in [5.41, 5.74) is 5.53. The molecule has 160 valence electrons. The minimum Gasteiger partial charge on any atom is -0.292 e. The van der Waals surface area contributed by atoms with Gasteiger partial charge in [0, 0.05) is 28.9 Å². The third-order valence-electron chi connectivity index (χ3n) is 5.95. The van der Waals surface area contributed by atoms with Gasteiger partial charge in [-0.05, 0) is 48.4 Å². The lowest BCUT2D eigenvalue weighted by Crippen LogP contribution is -2.20. The first-order valence-corrected chi connectivity index (χ1v) is 11.2. The second-order valence-corrected chi connectivity index (χ2v) is 8.49. The lowest BCUT2D eigenvalue weighted by atomic mass is 10.1. The highest BCUT2D eigenvalue weighted by atomic mass is 35.5. The number of halogens is 1. The molecule has 5 nitrogen and oxygen atoms in total. The molecule has 6 heteroatoms. The molecule has 0 aliphatic carbocycles. The molecule has 0 fully saturated rings. The molecule has 5 aromatic rings. The van der Waals surface area contributed by atoms with Crippen molar-refractivity contribution < 1.29 is 0 Å². The molecule has 0 unspecified atom stereocenters. The molecule has 1 aliphatic heterocycles. The zero-order chi connectivity index (χ0) is 22.4. The van der Waals surface area contributed by atoms with Crippen LogP contribution in [0.25, 0.3) is 39.5 Å². The molecule has 3 heterocycles. The van der Waals surface area contributed by atoms with E-state index in [1.165, 1.54) is 0 Å². The van der Waals surface area contributed by atoms with Crippen molar-refractivity contribution in [1.82, 2.24) is 19.3 Å². The molecule has 0 spiro atoms. The Labute approximate surface area is 195 Å². The van der Waals surface area contributed by atoms with Crippen LogP contribution in [-0.2, 0) is 6.54 Å². The van der Waals surface area contributed by atoms with Gasteiger partial charge in [0.05, 0.1) is 22.3 Å². The summed E-state index contributed by atoms with van der Waals surface area (Å²) in [5, 5.41) is 5.98. The molecule has 0 N–H and O–H groups in total. The van der Waals surface area contributed by atoms with E-state index in [0.29, 0.717) is 28.3 Å². The van der Waals surface area contributed by atoms with Crippen molar-refractivity contribution in [2.75, 3.05) is 0 Å². The Morgan fingerprint density at radius 3 is 2.48 bits per heavy atom. The van der Waals surface area contributed by atoms with E-state index in [0.717, 1.165) is 34.5 Å². The van der Waals surface area contributed by atoms with Gasteiger partial charge in [-0.2, -0.15) is 5.10 Å². The summed E-state index contributed by atoms with van der Waals surface area (Å²) in [6.07, 6.45) is 4.88. The molecule has 6 rings (SSSR count). The number of aromatic nitrogens is 4. The fraction of sp³-hybridized carbons (Fsp3) is 0.0741. The van der Waals surface area contributed by atoms with Crippen molar-refractivity contribution in [3.63, 3.8) is 0 Å². The summed E-state index contributed by atoms with van der Waals surface area (Å²) in [4.78, 5) is 17.9. The molecule has 33 heavy (non-hydrogen) atoms. The van der Waals surface area contributed by atoms with Crippen molar-refractivity contribution in [2.24, 2.45) is 0 Å². The Bertz CT molecular complexity index is 1580. The first-order valence-electron chi connectivity index (χ1n) is 10.8. The number of hydrogen-bond acceptors (Lipinski definition) is 3. The summed E-state index contributed by atoms with van der Waals surface area (Å²) >= 11 is 6.11. The van der Waals surface area contributed by atoms with Crippen LogP contribution in [0.4, 0.5) is 0 Å². The zero-order valence-electron chi connectivity index (χ0n) is 17.6. The number of benzene rings is 3. The molecule has 0 atom stereocenters. The van der Waals surface area contributed by atoms with E-state index in [9.17, 15) is 4.79 Å². The van der Waals surface area contributed by atoms with E-state index < -0.39 is 0 Å². The van der Waals surface area contributed by atoms with E-state index in [4.69, 9.17) is 21.7 Å². The summed E-state index contributed by atoms with van der Waals surface area (Å²) in [7, 11) is 0. The normalized spacial score (nSPS) is 14.2. The van der Waals surface area contributed by atoms with Crippen molar-refractivity contribution in [3.8, 4) is 16.9 Å². The molecule has 0 bridgehead atoms. The van der Waals surface area contributed by atoms with Crippen LogP contribution in [-0.4, -0.2) is 19.3 Å². The summed E-state index contributed by atoms with van der Waals surface area (Å²) < 4.78 is 3.64. The Kier molecular flexibility index (Phi) is 4.70. The fourth-order valence-electron chi connectivity index (χ4n) is 4.34. The SMILES string of the molecule is O=c1c2cc(Cl)ccc2nc2n1CCC2=Cc1cn(-c2ccccc2)nc1-c1ccccc1. The predicted octanol–water partition coefficient (Wildman–Crippen LogP) is 5.85. The van der Waals surface area contributed by atoms with Crippen molar-refractivity contribution in [1.29, 1.82) is 0 Å². The molecule has 0 saturated heterocycles. The third-order valence-corrected chi connectivity index (χ3v) is 6.18. The van der Waals surface area contributed by atoms with E-state index in [1.807, 2.05) is 59.4 Å². The number of allylic oxidation sites excluding steroid dienone is 1. The van der Waals surface area contributed by atoms with Crippen LogP contribution >= 0.6 is 11.6 Å². The van der Waals surface area contributed by atoms with Crippen LogP contribution < -0.4 is 5.56 Å². The number of rotatable bonds is 3. The largest absolute Gasteiger partial charge is 0.292 e. The average molecular weight is 451 g/mol. The Balaban J connectivity index is 1.52. The monoisotopic (exact) mass is 450 g/mol. The van der Waals surface area contributed by atoms with Crippen LogP contribution in [0.2, 0.25) is 5.02 Å². The summed E-state index contributed by atoms with van der Waals surface area (Å²) in [6.45, 7) is 0.600. The topological polar surface area (TPSA) is 52.7 Å². The lowest BCUT2D eigenvalue weighted by Gasteiger charge is -2.06. The van der Waals surface area contributed by atoms with Gasteiger partial charge in [-0.25, -0.2) is 9.67 Å². The highest BCUT2D eigenvalue weighted by Crippen LogP contribution is 2.32. The van der Waals surface area contributed by atoms with Gasteiger partial charge in [-0.3, -0.25) is 9.36 Å². The Hall–Kier alpha value is -3.96. The van der Waals surface area contributed by atoms with Gasteiger partial charge in [-0.15, -0.1) is 0 Å². The number of nitrogens with zero attached hydrogens (tertiary/aromatic N) is 4. The van der Waals surface area contributed by atoms with Crippen LogP contribution in [0.5, 0.6) is 0 Å². The maximum Gasteiger partial charge on any atom is 0.261 e. The maximum absolute atomic E-state index is 13.1. The quantitative estimate of drug-likeness (QED) is 0.346. The molecular formula is C27H19ClN4O. The first-order chi connectivity index (χ1) is 16.2. The van der Waals surface area contributed by atoms with Gasteiger partial charge in [0.25, 0.3) is 5.56 Å². The summed E-state index contributed by atoms with van der Waals surface area (Å²) in [6, 6.07) is 25.4. The molecule has 2 aromatic heterocycles. The van der Waals surface area contributed by atoms with E-state index in [2.05, 4.69) is 18.2 Å². The van der Waals surface area contributed by atoms with Crippen LogP contribution in [0, 0.1) is 0 Å². The van der Waals surface area contributed by atoms with Gasteiger partial charge in [0.15, 0.2) is 0 Å². The minimum absolute atomic E-state index is 0.0517. The van der Waals surface area contributed by atoms with E-state index >= 15 is 0 Å². The predicted molar refractivity (Wildman–Crippen MR) is 133 cm³/mol. The van der Waals surface area contributed by atoms with Crippen molar-refractivity contribution >= 4 is 34.2 Å². The van der Waals surface area contributed by atoms with Gasteiger partial charge >= 0.3 is 0 Å². The molecule has 0 radical (unpaired) electrons. The van der Waals surface area contributed by atoms with Gasteiger partial charge in [0.1, 0.15) is 5.82 Å². The fourth-order valence-corrected chi connectivity index (χ4v) is 4.51. The molecule has 0 saturated carbocycles. The van der Waals surface area contributed by atoms with Gasteiger partial charge < -0.3 is 0 Å². The number of para-hydroxylation sites is 1. The molecule has 3 aromatic carbocycles. The number of hydrogen-bond donors (Lipinski definition) is 0. The van der Waals surface area contributed by atoms with Crippen LogP contribution in [0.15, 0.2) is 89.9 Å². The third kappa shape index (κ3) is 3.47. The van der Waals surface area contributed by atoms with Gasteiger partial charge in [-0.1, -0.05) is 60.1 Å². The average Bonchev–Trinajstić information content (AvgIpc) is 3.46. The maximum atomic E-state index is 13.1. The standard InChI is InChI=1S/C27H19ClN4O/c28-21-11-12-24-23(16-21)27(33)31-14-13-19(26(31)29-24)15-20-17-32(22-9-5-2-6-10-22)30-25(20)18-7-3-1-4-8-18/h1-12,15-17H,13-14H2. The first kappa shape index (κ1) is 19.7. The molecule has 1 aliphatic rings.